The summed E-state index contributed by atoms with van der Waals surface area (Å²) in [5.74, 6) is 0.129. The van der Waals surface area contributed by atoms with Gasteiger partial charge in [0.15, 0.2) is 0 Å². The van der Waals surface area contributed by atoms with Crippen LogP contribution < -0.4 is 5.32 Å². The van der Waals surface area contributed by atoms with Gasteiger partial charge in [0.1, 0.15) is 0 Å². The van der Waals surface area contributed by atoms with Gasteiger partial charge in [0.05, 0.1) is 18.8 Å². The van der Waals surface area contributed by atoms with E-state index in [1.165, 1.54) is 0 Å². The molecule has 5 heteroatoms. The van der Waals surface area contributed by atoms with Gasteiger partial charge >= 0.3 is 6.03 Å². The van der Waals surface area contributed by atoms with Gasteiger partial charge in [-0.15, -0.1) is 0 Å². The Morgan fingerprint density at radius 2 is 2.14 bits per heavy atom. The molecule has 1 atom stereocenters. The van der Waals surface area contributed by atoms with Crippen molar-refractivity contribution in [3.63, 3.8) is 0 Å². The summed E-state index contributed by atoms with van der Waals surface area (Å²) in [5, 5.41) is 12.2. The number of nitrogens with one attached hydrogen (secondary N) is 1. The molecule has 0 spiro atoms. The van der Waals surface area contributed by atoms with E-state index in [1.54, 1.807) is 4.90 Å². The number of hydrogen-bond donors (Lipinski definition) is 2. The topological polar surface area (TPSA) is 61.8 Å². The highest BCUT2D eigenvalue weighted by molar-refractivity contribution is 5.74. The molecule has 0 bridgehead atoms. The second-order valence-corrected chi connectivity index (χ2v) is 6.34. The molecule has 0 radical (unpaired) electrons. The van der Waals surface area contributed by atoms with E-state index in [0.717, 1.165) is 5.56 Å². The summed E-state index contributed by atoms with van der Waals surface area (Å²) >= 11 is 0. The molecule has 1 saturated heterocycles. The Kier molecular flexibility index (Phi) is 5.80. The number of morpholine rings is 1. The summed E-state index contributed by atoms with van der Waals surface area (Å²) in [6, 6.07) is 9.93. The molecule has 1 fully saturated rings. The van der Waals surface area contributed by atoms with Crippen LogP contribution in [0.25, 0.3) is 0 Å². The molecule has 1 aromatic carbocycles. The highest BCUT2D eigenvalue weighted by Gasteiger charge is 2.30. The molecule has 1 aliphatic heterocycles. The molecule has 122 valence electrons. The minimum absolute atomic E-state index is 0.0600. The molecule has 2 N–H and O–H groups in total. The fourth-order valence-electron chi connectivity index (χ4n) is 2.78. The van der Waals surface area contributed by atoms with Gasteiger partial charge in [-0.25, -0.2) is 4.79 Å². The van der Waals surface area contributed by atoms with Crippen molar-refractivity contribution in [3.8, 4) is 0 Å². The van der Waals surface area contributed by atoms with Crippen molar-refractivity contribution in [2.24, 2.45) is 0 Å². The normalized spacial score (nSPS) is 18.8. The first-order valence-corrected chi connectivity index (χ1v) is 7.84. The van der Waals surface area contributed by atoms with Crippen molar-refractivity contribution in [2.45, 2.75) is 31.8 Å². The lowest BCUT2D eigenvalue weighted by Gasteiger charge is -2.38. The van der Waals surface area contributed by atoms with Crippen molar-refractivity contribution >= 4 is 6.03 Å². The van der Waals surface area contributed by atoms with Gasteiger partial charge in [0, 0.05) is 25.6 Å². The Labute approximate surface area is 132 Å². The van der Waals surface area contributed by atoms with Crippen LogP contribution in [0.2, 0.25) is 0 Å². The molecule has 0 aromatic heterocycles. The minimum Gasteiger partial charge on any atom is -0.396 e. The van der Waals surface area contributed by atoms with E-state index < -0.39 is 0 Å². The highest BCUT2D eigenvalue weighted by Crippen LogP contribution is 2.19. The monoisotopic (exact) mass is 306 g/mol. The molecule has 22 heavy (non-hydrogen) atoms. The van der Waals surface area contributed by atoms with Crippen molar-refractivity contribution < 1.29 is 14.6 Å². The molecule has 0 saturated carbocycles. The van der Waals surface area contributed by atoms with E-state index in [4.69, 9.17) is 4.74 Å². The zero-order chi connectivity index (χ0) is 16.0. The quantitative estimate of drug-likeness (QED) is 0.874. The maximum atomic E-state index is 12.3. The number of carbonyl (C=O) groups is 1. The number of rotatable bonds is 5. The summed E-state index contributed by atoms with van der Waals surface area (Å²) < 4.78 is 5.62. The SMILES string of the molecule is CC1(C)CN(C(=O)NCC(CCO)c2ccccc2)CCO1. The predicted molar refractivity (Wildman–Crippen MR) is 85.9 cm³/mol. The number of hydrogen-bond acceptors (Lipinski definition) is 3. The number of aliphatic hydroxyl groups is 1. The smallest absolute Gasteiger partial charge is 0.317 e. The van der Waals surface area contributed by atoms with Gasteiger partial charge in [-0.3, -0.25) is 0 Å². The number of amides is 2. The Hall–Kier alpha value is -1.59. The van der Waals surface area contributed by atoms with Crippen LogP contribution in [0.4, 0.5) is 4.79 Å². The lowest BCUT2D eigenvalue weighted by atomic mass is 9.96. The Balaban J connectivity index is 1.90. The van der Waals surface area contributed by atoms with Gasteiger partial charge in [-0.1, -0.05) is 30.3 Å². The van der Waals surface area contributed by atoms with E-state index in [1.807, 2.05) is 44.2 Å². The average molecular weight is 306 g/mol. The van der Waals surface area contributed by atoms with Gasteiger partial charge < -0.3 is 20.1 Å². The third-order valence-electron chi connectivity index (χ3n) is 3.96. The number of benzene rings is 1. The highest BCUT2D eigenvalue weighted by atomic mass is 16.5. The van der Waals surface area contributed by atoms with Crippen LogP contribution in [0.1, 0.15) is 31.7 Å². The Morgan fingerprint density at radius 1 is 1.41 bits per heavy atom. The molecular formula is C17H26N2O3. The summed E-state index contributed by atoms with van der Waals surface area (Å²) in [7, 11) is 0. The van der Waals surface area contributed by atoms with E-state index in [2.05, 4.69) is 5.32 Å². The van der Waals surface area contributed by atoms with Gasteiger partial charge in [-0.05, 0) is 25.8 Å². The molecule has 1 heterocycles. The van der Waals surface area contributed by atoms with Crippen LogP contribution in [-0.2, 0) is 4.74 Å². The Bertz CT molecular complexity index is 476. The van der Waals surface area contributed by atoms with Gasteiger partial charge in [0.25, 0.3) is 0 Å². The van der Waals surface area contributed by atoms with E-state index in [9.17, 15) is 9.90 Å². The first-order valence-electron chi connectivity index (χ1n) is 7.84. The van der Waals surface area contributed by atoms with Gasteiger partial charge in [0.2, 0.25) is 0 Å². The second kappa shape index (κ2) is 7.61. The van der Waals surface area contributed by atoms with Crippen molar-refractivity contribution in [1.29, 1.82) is 0 Å². The zero-order valence-electron chi connectivity index (χ0n) is 13.4. The maximum Gasteiger partial charge on any atom is 0.317 e. The molecule has 2 amide bonds. The summed E-state index contributed by atoms with van der Waals surface area (Å²) in [6.07, 6.45) is 0.638. The van der Waals surface area contributed by atoms with Crippen molar-refractivity contribution in [2.75, 3.05) is 32.8 Å². The third-order valence-corrected chi connectivity index (χ3v) is 3.96. The second-order valence-electron chi connectivity index (χ2n) is 6.34. The number of aliphatic hydroxyl groups excluding tert-OH is 1. The lowest BCUT2D eigenvalue weighted by molar-refractivity contribution is -0.0733. The van der Waals surface area contributed by atoms with E-state index >= 15 is 0 Å². The van der Waals surface area contributed by atoms with Crippen LogP contribution in [0.15, 0.2) is 30.3 Å². The molecule has 1 unspecified atom stereocenters. The largest absolute Gasteiger partial charge is 0.396 e. The molecule has 5 nitrogen and oxygen atoms in total. The number of carbonyl (C=O) groups excluding carboxylic acids is 1. The number of urea groups is 1. The Morgan fingerprint density at radius 3 is 2.77 bits per heavy atom. The molecular weight excluding hydrogens is 280 g/mol. The minimum atomic E-state index is -0.292. The standard InChI is InChI=1S/C17H26N2O3/c1-17(2)13-19(9-11-22-17)16(21)18-12-15(8-10-20)14-6-4-3-5-7-14/h3-7,15,20H,8-13H2,1-2H3,(H,18,21). The first kappa shape index (κ1) is 16.8. The third kappa shape index (κ3) is 4.71. The van der Waals surface area contributed by atoms with E-state index in [0.29, 0.717) is 32.7 Å². The first-order chi connectivity index (χ1) is 10.5. The summed E-state index contributed by atoms with van der Waals surface area (Å²) in [5.41, 5.74) is 0.846. The maximum absolute atomic E-state index is 12.3. The van der Waals surface area contributed by atoms with Crippen molar-refractivity contribution in [3.05, 3.63) is 35.9 Å². The number of nitrogens with zero attached hydrogens (tertiary/aromatic N) is 1. The van der Waals surface area contributed by atoms with Crippen LogP contribution in [0.3, 0.4) is 0 Å². The van der Waals surface area contributed by atoms with Crippen LogP contribution in [0.5, 0.6) is 0 Å². The van der Waals surface area contributed by atoms with Crippen LogP contribution in [0, 0.1) is 0 Å². The number of ether oxygens (including phenoxy) is 1. The van der Waals surface area contributed by atoms with Crippen LogP contribution in [-0.4, -0.2) is 54.5 Å². The molecule has 0 aliphatic carbocycles. The molecule has 1 aliphatic rings. The van der Waals surface area contributed by atoms with E-state index in [-0.39, 0.29) is 24.2 Å². The van der Waals surface area contributed by atoms with Crippen LogP contribution >= 0.6 is 0 Å². The van der Waals surface area contributed by atoms with Crippen molar-refractivity contribution in [1.82, 2.24) is 10.2 Å². The zero-order valence-corrected chi connectivity index (χ0v) is 13.4. The fraction of sp³-hybridized carbons (Fsp3) is 0.588. The fourth-order valence-corrected chi connectivity index (χ4v) is 2.78. The predicted octanol–water partition coefficient (Wildman–Crippen LogP) is 1.97. The lowest BCUT2D eigenvalue weighted by Crippen LogP contribution is -2.53. The average Bonchev–Trinajstić information content (AvgIpc) is 2.51. The summed E-state index contributed by atoms with van der Waals surface area (Å²) in [4.78, 5) is 14.1. The van der Waals surface area contributed by atoms with Gasteiger partial charge in [-0.2, -0.15) is 0 Å². The summed E-state index contributed by atoms with van der Waals surface area (Å²) in [6.45, 7) is 6.40. The molecule has 2 rings (SSSR count). The molecule has 1 aromatic rings.